The van der Waals surface area contributed by atoms with E-state index >= 15 is 0 Å². The average Bonchev–Trinajstić information content (AvgIpc) is 2.62. The van der Waals surface area contributed by atoms with Crippen molar-refractivity contribution in [2.45, 2.75) is 19.4 Å². The smallest absolute Gasteiger partial charge is 0.222 e. The summed E-state index contributed by atoms with van der Waals surface area (Å²) in [5, 5.41) is 0.731. The number of aromatic nitrogens is 1. The van der Waals surface area contributed by atoms with Gasteiger partial charge in [-0.2, -0.15) is 0 Å². The fraction of sp³-hybridized carbons (Fsp3) is 0.368. The highest BCUT2D eigenvalue weighted by Gasteiger charge is 2.21. The SMILES string of the molecule is O=C(CCc1ccc(Cl)cc1)N1CCN(Cc2ccccn2)CC1. The summed E-state index contributed by atoms with van der Waals surface area (Å²) in [5.41, 5.74) is 2.24. The lowest BCUT2D eigenvalue weighted by molar-refractivity contribution is -0.133. The topological polar surface area (TPSA) is 36.4 Å². The van der Waals surface area contributed by atoms with Crippen LogP contribution in [0.2, 0.25) is 5.02 Å². The number of hydrogen-bond donors (Lipinski definition) is 0. The molecule has 0 unspecified atom stereocenters. The molecule has 3 rings (SSSR count). The number of rotatable bonds is 5. The molecule has 1 aromatic carbocycles. The van der Waals surface area contributed by atoms with Gasteiger partial charge in [0.15, 0.2) is 0 Å². The molecule has 0 atom stereocenters. The molecule has 0 radical (unpaired) electrons. The first kappa shape index (κ1) is 16.9. The van der Waals surface area contributed by atoms with E-state index in [-0.39, 0.29) is 5.91 Å². The molecule has 1 amide bonds. The molecule has 0 aliphatic carbocycles. The minimum absolute atomic E-state index is 0.238. The van der Waals surface area contributed by atoms with E-state index in [4.69, 9.17) is 11.6 Å². The van der Waals surface area contributed by atoms with Crippen LogP contribution < -0.4 is 0 Å². The number of piperazine rings is 1. The highest BCUT2D eigenvalue weighted by molar-refractivity contribution is 6.30. The van der Waals surface area contributed by atoms with Gasteiger partial charge in [-0.15, -0.1) is 0 Å². The Morgan fingerprint density at radius 2 is 1.79 bits per heavy atom. The van der Waals surface area contributed by atoms with Crippen LogP contribution in [0, 0.1) is 0 Å². The maximum atomic E-state index is 12.4. The maximum Gasteiger partial charge on any atom is 0.222 e. The van der Waals surface area contributed by atoms with Gasteiger partial charge in [0.1, 0.15) is 0 Å². The number of halogens is 1. The zero-order chi connectivity index (χ0) is 16.8. The summed E-state index contributed by atoms with van der Waals surface area (Å²) in [4.78, 5) is 21.1. The fourth-order valence-electron chi connectivity index (χ4n) is 2.94. The predicted molar refractivity (Wildman–Crippen MR) is 95.9 cm³/mol. The third kappa shape index (κ3) is 4.79. The van der Waals surface area contributed by atoms with Crippen LogP contribution in [0.5, 0.6) is 0 Å². The third-order valence-electron chi connectivity index (χ3n) is 4.38. The van der Waals surface area contributed by atoms with Crippen molar-refractivity contribution in [3.8, 4) is 0 Å². The van der Waals surface area contributed by atoms with Crippen molar-refractivity contribution in [1.82, 2.24) is 14.8 Å². The molecule has 0 spiro atoms. The molecule has 24 heavy (non-hydrogen) atoms. The van der Waals surface area contributed by atoms with Crippen molar-refractivity contribution in [2.75, 3.05) is 26.2 Å². The van der Waals surface area contributed by atoms with Crippen LogP contribution in [0.4, 0.5) is 0 Å². The number of nitrogens with zero attached hydrogens (tertiary/aromatic N) is 3. The molecule has 2 heterocycles. The van der Waals surface area contributed by atoms with Crippen molar-refractivity contribution in [2.24, 2.45) is 0 Å². The summed E-state index contributed by atoms with van der Waals surface area (Å²) >= 11 is 5.88. The van der Waals surface area contributed by atoms with Gasteiger partial charge in [-0.25, -0.2) is 0 Å². The Labute approximate surface area is 148 Å². The van der Waals surface area contributed by atoms with Crippen molar-refractivity contribution in [3.63, 3.8) is 0 Å². The van der Waals surface area contributed by atoms with Gasteiger partial charge in [-0.05, 0) is 36.2 Å². The van der Waals surface area contributed by atoms with Gasteiger partial charge in [0.25, 0.3) is 0 Å². The molecule has 0 bridgehead atoms. The van der Waals surface area contributed by atoms with Crippen molar-refractivity contribution < 1.29 is 4.79 Å². The van der Waals surface area contributed by atoms with Crippen LogP contribution in [0.15, 0.2) is 48.7 Å². The summed E-state index contributed by atoms with van der Waals surface area (Å²) in [5.74, 6) is 0.238. The predicted octanol–water partition coefficient (Wildman–Crippen LogP) is 3.01. The van der Waals surface area contributed by atoms with Gasteiger partial charge < -0.3 is 4.90 Å². The molecule has 0 N–H and O–H groups in total. The maximum absolute atomic E-state index is 12.4. The minimum atomic E-state index is 0.238. The van der Waals surface area contributed by atoms with Crippen LogP contribution in [-0.4, -0.2) is 46.9 Å². The summed E-state index contributed by atoms with van der Waals surface area (Å²) in [6.07, 6.45) is 3.15. The van der Waals surface area contributed by atoms with Crippen LogP contribution in [0.25, 0.3) is 0 Å². The Hall–Kier alpha value is -1.91. The molecular weight excluding hydrogens is 322 g/mol. The van der Waals surface area contributed by atoms with Crippen LogP contribution in [0.3, 0.4) is 0 Å². The zero-order valence-corrected chi connectivity index (χ0v) is 14.5. The van der Waals surface area contributed by atoms with Gasteiger partial charge in [0, 0.05) is 50.4 Å². The van der Waals surface area contributed by atoms with E-state index < -0.39 is 0 Å². The Balaban J connectivity index is 1.42. The highest BCUT2D eigenvalue weighted by Crippen LogP contribution is 2.13. The van der Waals surface area contributed by atoms with Crippen molar-refractivity contribution in [3.05, 3.63) is 64.9 Å². The molecule has 1 aromatic heterocycles. The van der Waals surface area contributed by atoms with E-state index in [2.05, 4.69) is 9.88 Å². The van der Waals surface area contributed by atoms with E-state index in [9.17, 15) is 4.79 Å². The molecule has 126 valence electrons. The second-order valence-corrected chi connectivity index (χ2v) is 6.54. The number of aryl methyl sites for hydroxylation is 1. The molecule has 1 saturated heterocycles. The van der Waals surface area contributed by atoms with Gasteiger partial charge in [0.2, 0.25) is 5.91 Å². The summed E-state index contributed by atoms with van der Waals surface area (Å²) in [7, 11) is 0. The molecule has 1 aliphatic rings. The van der Waals surface area contributed by atoms with Gasteiger partial charge in [0.05, 0.1) is 5.69 Å². The highest BCUT2D eigenvalue weighted by atomic mass is 35.5. The Morgan fingerprint density at radius 1 is 1.04 bits per heavy atom. The number of benzene rings is 1. The van der Waals surface area contributed by atoms with Crippen LogP contribution in [0.1, 0.15) is 17.7 Å². The van der Waals surface area contributed by atoms with E-state index in [0.29, 0.717) is 6.42 Å². The quantitative estimate of drug-likeness (QED) is 0.837. The molecule has 1 aliphatic heterocycles. The molecule has 4 nitrogen and oxygen atoms in total. The third-order valence-corrected chi connectivity index (χ3v) is 4.63. The van der Waals surface area contributed by atoms with Crippen molar-refractivity contribution >= 4 is 17.5 Å². The first-order valence-electron chi connectivity index (χ1n) is 8.35. The monoisotopic (exact) mass is 343 g/mol. The Morgan fingerprint density at radius 3 is 2.46 bits per heavy atom. The number of hydrogen-bond acceptors (Lipinski definition) is 3. The normalized spacial score (nSPS) is 15.5. The average molecular weight is 344 g/mol. The molecule has 1 fully saturated rings. The molecule has 2 aromatic rings. The van der Waals surface area contributed by atoms with Crippen molar-refractivity contribution in [1.29, 1.82) is 0 Å². The first-order valence-corrected chi connectivity index (χ1v) is 8.73. The lowest BCUT2D eigenvalue weighted by Crippen LogP contribution is -2.48. The Kier molecular flexibility index (Phi) is 5.83. The van der Waals surface area contributed by atoms with Crippen LogP contribution >= 0.6 is 11.6 Å². The Bertz CT molecular complexity index is 652. The minimum Gasteiger partial charge on any atom is -0.340 e. The van der Waals surface area contributed by atoms with E-state index in [1.165, 1.54) is 0 Å². The number of amides is 1. The molecule has 5 heteroatoms. The fourth-order valence-corrected chi connectivity index (χ4v) is 3.06. The lowest BCUT2D eigenvalue weighted by atomic mass is 10.1. The van der Waals surface area contributed by atoms with Gasteiger partial charge in [-0.1, -0.05) is 29.8 Å². The number of carbonyl (C=O) groups excluding carboxylic acids is 1. The van der Waals surface area contributed by atoms with E-state index in [1.807, 2.05) is 53.6 Å². The van der Waals surface area contributed by atoms with Gasteiger partial charge >= 0.3 is 0 Å². The number of carbonyl (C=O) groups is 1. The van der Waals surface area contributed by atoms with E-state index in [0.717, 1.165) is 55.4 Å². The second kappa shape index (κ2) is 8.27. The zero-order valence-electron chi connectivity index (χ0n) is 13.7. The number of pyridine rings is 1. The van der Waals surface area contributed by atoms with E-state index in [1.54, 1.807) is 0 Å². The lowest BCUT2D eigenvalue weighted by Gasteiger charge is -2.34. The summed E-state index contributed by atoms with van der Waals surface area (Å²) in [6.45, 7) is 4.26. The first-order chi connectivity index (χ1) is 11.7. The second-order valence-electron chi connectivity index (χ2n) is 6.10. The summed E-state index contributed by atoms with van der Waals surface area (Å²) < 4.78 is 0. The molecular formula is C19H22ClN3O. The summed E-state index contributed by atoms with van der Waals surface area (Å²) in [6, 6.07) is 13.7. The molecule has 0 saturated carbocycles. The van der Waals surface area contributed by atoms with Gasteiger partial charge in [-0.3, -0.25) is 14.7 Å². The largest absolute Gasteiger partial charge is 0.340 e. The van der Waals surface area contributed by atoms with Crippen LogP contribution in [-0.2, 0) is 17.8 Å². The standard InChI is InChI=1S/C19H22ClN3O/c20-17-7-4-16(5-8-17)6-9-19(24)23-13-11-22(12-14-23)15-18-3-1-2-10-21-18/h1-5,7-8,10H,6,9,11-15H2.